The molecule has 2 aromatic rings. The van der Waals surface area contributed by atoms with Crippen molar-refractivity contribution in [2.75, 3.05) is 17.2 Å². The van der Waals surface area contributed by atoms with Crippen LogP contribution in [-0.2, 0) is 6.42 Å². The molecule has 1 aliphatic heterocycles. The van der Waals surface area contributed by atoms with E-state index in [0.29, 0.717) is 5.69 Å². The molecule has 102 valence electrons. The lowest BCUT2D eigenvalue weighted by atomic mass is 10.0. The van der Waals surface area contributed by atoms with Crippen molar-refractivity contribution >= 4 is 17.3 Å². The van der Waals surface area contributed by atoms with Gasteiger partial charge in [0.1, 0.15) is 5.75 Å². The van der Waals surface area contributed by atoms with Crippen molar-refractivity contribution in [2.45, 2.75) is 12.8 Å². The zero-order valence-electron chi connectivity index (χ0n) is 10.9. The number of anilines is 2. The molecule has 5 heteroatoms. The summed E-state index contributed by atoms with van der Waals surface area (Å²) in [5.41, 5.74) is 3.25. The van der Waals surface area contributed by atoms with Crippen molar-refractivity contribution in [3.05, 3.63) is 47.8 Å². The molecule has 20 heavy (non-hydrogen) atoms. The lowest BCUT2D eigenvalue weighted by Gasteiger charge is -2.19. The molecule has 0 atom stereocenters. The maximum absolute atomic E-state index is 12.1. The van der Waals surface area contributed by atoms with E-state index in [1.54, 1.807) is 0 Å². The molecule has 3 N–H and O–H groups in total. The van der Waals surface area contributed by atoms with Crippen molar-refractivity contribution in [3.63, 3.8) is 0 Å². The highest BCUT2D eigenvalue weighted by Crippen LogP contribution is 2.26. The van der Waals surface area contributed by atoms with Crippen LogP contribution >= 0.6 is 0 Å². The summed E-state index contributed by atoms with van der Waals surface area (Å²) in [5, 5.41) is 15.7. The molecule has 0 saturated carbocycles. The van der Waals surface area contributed by atoms with E-state index in [1.807, 2.05) is 18.2 Å². The number of carbonyl (C=O) groups excluding carboxylic acids is 1. The molecule has 1 aliphatic rings. The van der Waals surface area contributed by atoms with Gasteiger partial charge in [0.05, 0.1) is 11.8 Å². The second-order valence-electron chi connectivity index (χ2n) is 4.75. The Hall–Kier alpha value is -2.56. The Labute approximate surface area is 116 Å². The summed E-state index contributed by atoms with van der Waals surface area (Å²) in [6.45, 7) is 0.954. The van der Waals surface area contributed by atoms with Gasteiger partial charge in [-0.05, 0) is 36.6 Å². The van der Waals surface area contributed by atoms with Gasteiger partial charge in [0.25, 0.3) is 5.91 Å². The van der Waals surface area contributed by atoms with E-state index >= 15 is 0 Å². The Balaban J connectivity index is 1.81. The molecule has 5 nitrogen and oxygen atoms in total. The maximum atomic E-state index is 12.1. The van der Waals surface area contributed by atoms with Crippen LogP contribution in [0.4, 0.5) is 11.4 Å². The molecule has 1 aromatic heterocycles. The molecular formula is C15H15N3O2. The molecule has 0 fully saturated rings. The molecule has 0 unspecified atom stereocenters. The van der Waals surface area contributed by atoms with Gasteiger partial charge in [0.15, 0.2) is 0 Å². The van der Waals surface area contributed by atoms with Crippen LogP contribution in [0.15, 0.2) is 36.7 Å². The van der Waals surface area contributed by atoms with Crippen LogP contribution in [0, 0.1) is 0 Å². The number of aromatic nitrogens is 1. The monoisotopic (exact) mass is 269 g/mol. The molecule has 0 spiro atoms. The predicted octanol–water partition coefficient (Wildman–Crippen LogP) is 2.40. The molecule has 0 radical (unpaired) electrons. The van der Waals surface area contributed by atoms with E-state index in [9.17, 15) is 9.90 Å². The number of aryl methyl sites for hydroxylation is 1. The number of hydrogen-bond acceptors (Lipinski definition) is 4. The summed E-state index contributed by atoms with van der Waals surface area (Å²) >= 11 is 0. The summed E-state index contributed by atoms with van der Waals surface area (Å²) in [6, 6.07) is 7.30. The number of nitrogens with one attached hydrogen (secondary N) is 2. The van der Waals surface area contributed by atoms with E-state index in [2.05, 4.69) is 15.6 Å². The Kier molecular flexibility index (Phi) is 3.25. The summed E-state index contributed by atoms with van der Waals surface area (Å²) in [7, 11) is 0. The fraction of sp³-hybridized carbons (Fsp3) is 0.200. The first-order chi connectivity index (χ1) is 9.74. The average molecular weight is 269 g/mol. The van der Waals surface area contributed by atoms with Gasteiger partial charge in [-0.1, -0.05) is 6.07 Å². The van der Waals surface area contributed by atoms with Gasteiger partial charge in [0, 0.05) is 24.1 Å². The summed E-state index contributed by atoms with van der Waals surface area (Å²) < 4.78 is 0. The minimum Gasteiger partial charge on any atom is -0.505 e. The highest BCUT2D eigenvalue weighted by molar-refractivity contribution is 6.06. The van der Waals surface area contributed by atoms with Crippen molar-refractivity contribution < 1.29 is 9.90 Å². The van der Waals surface area contributed by atoms with Gasteiger partial charge in [0.2, 0.25) is 0 Å². The summed E-state index contributed by atoms with van der Waals surface area (Å²) in [6.07, 6.45) is 4.91. The molecule has 1 amide bonds. The first kappa shape index (κ1) is 12.5. The predicted molar refractivity (Wildman–Crippen MR) is 77.1 cm³/mol. The lowest BCUT2D eigenvalue weighted by Crippen LogP contribution is -2.15. The van der Waals surface area contributed by atoms with E-state index in [-0.39, 0.29) is 17.2 Å². The van der Waals surface area contributed by atoms with Crippen molar-refractivity contribution in [3.8, 4) is 5.75 Å². The van der Waals surface area contributed by atoms with Gasteiger partial charge in [-0.25, -0.2) is 0 Å². The number of benzene rings is 1. The van der Waals surface area contributed by atoms with Crippen LogP contribution in [0.2, 0.25) is 0 Å². The number of pyridine rings is 1. The first-order valence-electron chi connectivity index (χ1n) is 6.55. The minimum atomic E-state index is -0.347. The average Bonchev–Trinajstić information content (AvgIpc) is 2.47. The van der Waals surface area contributed by atoms with Crippen molar-refractivity contribution in [2.24, 2.45) is 0 Å². The standard InChI is InChI=1S/C15H15N3O2/c19-14-9-16-7-5-12(14)15(20)18-11-4-3-10-2-1-6-17-13(10)8-11/h3-5,7-9,17,19H,1-2,6H2,(H,18,20). The number of fused-ring (bicyclic) bond motifs is 1. The highest BCUT2D eigenvalue weighted by Gasteiger charge is 2.13. The van der Waals surface area contributed by atoms with Crippen LogP contribution in [0.5, 0.6) is 5.75 Å². The highest BCUT2D eigenvalue weighted by atomic mass is 16.3. The van der Waals surface area contributed by atoms with Crippen LogP contribution in [0.1, 0.15) is 22.3 Å². The zero-order valence-corrected chi connectivity index (χ0v) is 10.9. The second kappa shape index (κ2) is 5.21. The molecule has 2 heterocycles. The van der Waals surface area contributed by atoms with Crippen LogP contribution < -0.4 is 10.6 Å². The molecular weight excluding hydrogens is 254 g/mol. The third kappa shape index (κ3) is 2.42. The van der Waals surface area contributed by atoms with E-state index in [4.69, 9.17) is 0 Å². The SMILES string of the molecule is O=C(Nc1ccc2c(c1)NCCC2)c1ccncc1O. The van der Waals surface area contributed by atoms with Crippen LogP contribution in [0.25, 0.3) is 0 Å². The minimum absolute atomic E-state index is 0.124. The molecule has 0 aliphatic carbocycles. The molecule has 0 bridgehead atoms. The molecule has 3 rings (SSSR count). The van der Waals surface area contributed by atoms with Gasteiger partial charge >= 0.3 is 0 Å². The Bertz CT molecular complexity index is 655. The zero-order chi connectivity index (χ0) is 13.9. The van der Waals surface area contributed by atoms with Gasteiger partial charge in [-0.15, -0.1) is 0 Å². The lowest BCUT2D eigenvalue weighted by molar-refractivity contribution is 0.102. The number of nitrogens with zero attached hydrogens (tertiary/aromatic N) is 1. The first-order valence-corrected chi connectivity index (χ1v) is 6.55. The normalized spacial score (nSPS) is 13.2. The van der Waals surface area contributed by atoms with Gasteiger partial charge in [-0.3, -0.25) is 9.78 Å². The van der Waals surface area contributed by atoms with Crippen molar-refractivity contribution in [1.29, 1.82) is 0 Å². The number of hydrogen-bond donors (Lipinski definition) is 3. The Morgan fingerprint density at radius 1 is 1.35 bits per heavy atom. The number of aromatic hydroxyl groups is 1. The van der Waals surface area contributed by atoms with E-state index in [1.165, 1.54) is 24.0 Å². The van der Waals surface area contributed by atoms with Crippen molar-refractivity contribution in [1.82, 2.24) is 4.98 Å². The molecule has 0 saturated heterocycles. The van der Waals surface area contributed by atoms with Gasteiger partial charge < -0.3 is 15.7 Å². The Morgan fingerprint density at radius 2 is 2.25 bits per heavy atom. The fourth-order valence-corrected chi connectivity index (χ4v) is 2.32. The topological polar surface area (TPSA) is 74.2 Å². The largest absolute Gasteiger partial charge is 0.505 e. The Morgan fingerprint density at radius 3 is 3.10 bits per heavy atom. The summed E-state index contributed by atoms with van der Waals surface area (Å²) in [5.74, 6) is -0.471. The number of carbonyl (C=O) groups is 1. The maximum Gasteiger partial charge on any atom is 0.259 e. The third-order valence-electron chi connectivity index (χ3n) is 3.35. The van der Waals surface area contributed by atoms with E-state index in [0.717, 1.165) is 25.1 Å². The quantitative estimate of drug-likeness (QED) is 0.782. The number of amides is 1. The van der Waals surface area contributed by atoms with Gasteiger partial charge in [-0.2, -0.15) is 0 Å². The third-order valence-corrected chi connectivity index (χ3v) is 3.35. The summed E-state index contributed by atoms with van der Waals surface area (Å²) in [4.78, 5) is 15.8. The van der Waals surface area contributed by atoms with Crippen LogP contribution in [-0.4, -0.2) is 22.5 Å². The van der Waals surface area contributed by atoms with Crippen LogP contribution in [0.3, 0.4) is 0 Å². The number of rotatable bonds is 2. The smallest absolute Gasteiger partial charge is 0.259 e. The van der Waals surface area contributed by atoms with E-state index < -0.39 is 0 Å². The second-order valence-corrected chi connectivity index (χ2v) is 4.75. The fourth-order valence-electron chi connectivity index (χ4n) is 2.32. The molecule has 1 aromatic carbocycles.